The predicted octanol–water partition coefficient (Wildman–Crippen LogP) is 1.11. The zero-order valence-corrected chi connectivity index (χ0v) is 12.4. The van der Waals surface area contributed by atoms with Crippen LogP contribution in [0.4, 0.5) is 5.95 Å². The summed E-state index contributed by atoms with van der Waals surface area (Å²) in [4.78, 5) is 7.81. The quantitative estimate of drug-likeness (QED) is 0.490. The third-order valence-corrected chi connectivity index (χ3v) is 5.64. The first kappa shape index (κ1) is 15.1. The molecule has 1 fully saturated rings. The highest BCUT2D eigenvalue weighted by Crippen LogP contribution is 2.25. The molecule has 0 aliphatic heterocycles. The zero-order valence-electron chi connectivity index (χ0n) is 11.6. The summed E-state index contributed by atoms with van der Waals surface area (Å²) in [6.07, 6.45) is 8.93. The fourth-order valence-electron chi connectivity index (χ4n) is 2.51. The van der Waals surface area contributed by atoms with Crippen LogP contribution in [-0.4, -0.2) is 35.8 Å². The lowest BCUT2D eigenvalue weighted by Gasteiger charge is -2.26. The van der Waals surface area contributed by atoms with Crippen LogP contribution in [0.2, 0.25) is 0 Å². The molecule has 20 heavy (non-hydrogen) atoms. The molecule has 112 valence electrons. The highest BCUT2D eigenvalue weighted by molar-refractivity contribution is 7.89. The molecule has 8 heteroatoms. The second-order valence-electron chi connectivity index (χ2n) is 5.05. The molecule has 0 saturated heterocycles. The van der Waals surface area contributed by atoms with Crippen molar-refractivity contribution in [3.63, 3.8) is 0 Å². The molecule has 0 spiro atoms. The van der Waals surface area contributed by atoms with Crippen LogP contribution in [0.15, 0.2) is 17.3 Å². The van der Waals surface area contributed by atoms with E-state index < -0.39 is 10.0 Å². The van der Waals surface area contributed by atoms with Gasteiger partial charge < -0.3 is 0 Å². The number of nitrogen functional groups attached to an aromatic ring is 1. The minimum absolute atomic E-state index is 0.0646. The normalized spacial score (nSPS) is 17.9. The van der Waals surface area contributed by atoms with Gasteiger partial charge in [-0.25, -0.2) is 24.2 Å². The summed E-state index contributed by atoms with van der Waals surface area (Å²) in [5, 5.41) is 0. The molecule has 0 aromatic carbocycles. The van der Waals surface area contributed by atoms with Gasteiger partial charge in [-0.2, -0.15) is 4.31 Å². The number of sulfonamides is 1. The van der Waals surface area contributed by atoms with E-state index in [-0.39, 0.29) is 16.9 Å². The maximum Gasteiger partial charge on any atom is 0.246 e. The summed E-state index contributed by atoms with van der Waals surface area (Å²) < 4.78 is 26.5. The van der Waals surface area contributed by atoms with Crippen molar-refractivity contribution in [3.8, 4) is 0 Å². The molecular weight excluding hydrogens is 278 g/mol. The SMILES string of the molecule is CN(C1CCCCCC1)S(=O)(=O)c1cnc(NN)nc1. The minimum Gasteiger partial charge on any atom is -0.292 e. The van der Waals surface area contributed by atoms with E-state index in [1.165, 1.54) is 29.5 Å². The Morgan fingerprint density at radius 1 is 1.20 bits per heavy atom. The number of aromatic nitrogens is 2. The summed E-state index contributed by atoms with van der Waals surface area (Å²) in [6, 6.07) is 0.0646. The van der Waals surface area contributed by atoms with Crippen molar-refractivity contribution < 1.29 is 8.42 Å². The Hall–Kier alpha value is -1.25. The van der Waals surface area contributed by atoms with Gasteiger partial charge in [-0.1, -0.05) is 25.7 Å². The van der Waals surface area contributed by atoms with Gasteiger partial charge >= 0.3 is 0 Å². The second kappa shape index (κ2) is 6.47. The van der Waals surface area contributed by atoms with Gasteiger partial charge in [-0.15, -0.1) is 0 Å². The molecule has 3 N–H and O–H groups in total. The van der Waals surface area contributed by atoms with Crippen LogP contribution in [0.25, 0.3) is 0 Å². The molecule has 0 amide bonds. The number of nitrogens with one attached hydrogen (secondary N) is 1. The lowest BCUT2D eigenvalue weighted by atomic mass is 10.1. The first-order chi connectivity index (χ1) is 9.55. The standard InChI is InChI=1S/C12H21N5O2S/c1-17(10-6-4-2-3-5-7-10)20(18,19)11-8-14-12(16-13)15-9-11/h8-10H,2-7,13H2,1H3,(H,14,15,16). The van der Waals surface area contributed by atoms with Gasteiger partial charge in [-0.3, -0.25) is 5.43 Å². The predicted molar refractivity (Wildman–Crippen MR) is 76.3 cm³/mol. The lowest BCUT2D eigenvalue weighted by molar-refractivity contribution is 0.335. The molecular formula is C12H21N5O2S. The lowest BCUT2D eigenvalue weighted by Crippen LogP contribution is -2.36. The Bertz CT molecular complexity index is 523. The molecule has 1 aliphatic rings. The number of hydrogen-bond donors (Lipinski definition) is 2. The van der Waals surface area contributed by atoms with E-state index in [1.807, 2.05) is 0 Å². The fourth-order valence-corrected chi connectivity index (χ4v) is 3.82. The van der Waals surface area contributed by atoms with E-state index >= 15 is 0 Å². The Balaban J connectivity index is 2.18. The van der Waals surface area contributed by atoms with Crippen molar-refractivity contribution in [1.82, 2.24) is 14.3 Å². The van der Waals surface area contributed by atoms with E-state index in [1.54, 1.807) is 7.05 Å². The molecule has 2 rings (SSSR count). The van der Waals surface area contributed by atoms with Gasteiger partial charge in [0.2, 0.25) is 16.0 Å². The maximum atomic E-state index is 12.5. The molecule has 0 unspecified atom stereocenters. The molecule has 0 bridgehead atoms. The van der Waals surface area contributed by atoms with Gasteiger partial charge in [0.05, 0.1) is 12.4 Å². The molecule has 1 aromatic heterocycles. The zero-order chi connectivity index (χ0) is 14.6. The van der Waals surface area contributed by atoms with Crippen LogP contribution < -0.4 is 11.3 Å². The monoisotopic (exact) mass is 299 g/mol. The summed E-state index contributed by atoms with van der Waals surface area (Å²) in [7, 11) is -1.90. The van der Waals surface area contributed by atoms with Crippen molar-refractivity contribution in [2.24, 2.45) is 5.84 Å². The van der Waals surface area contributed by atoms with E-state index in [0.717, 1.165) is 25.7 Å². The number of anilines is 1. The van der Waals surface area contributed by atoms with Gasteiger partial charge in [-0.05, 0) is 12.8 Å². The van der Waals surface area contributed by atoms with Crippen molar-refractivity contribution in [2.75, 3.05) is 12.5 Å². The molecule has 0 atom stereocenters. The van der Waals surface area contributed by atoms with Crippen LogP contribution in [0.1, 0.15) is 38.5 Å². The third kappa shape index (κ3) is 3.25. The van der Waals surface area contributed by atoms with Gasteiger partial charge in [0.25, 0.3) is 0 Å². The van der Waals surface area contributed by atoms with Crippen LogP contribution in [0, 0.1) is 0 Å². The average Bonchev–Trinajstić information content (AvgIpc) is 2.75. The molecule has 7 nitrogen and oxygen atoms in total. The Morgan fingerprint density at radius 2 is 1.75 bits per heavy atom. The first-order valence-corrected chi connectivity index (χ1v) is 8.26. The number of rotatable bonds is 4. The van der Waals surface area contributed by atoms with Gasteiger partial charge in [0, 0.05) is 13.1 Å². The molecule has 0 radical (unpaired) electrons. The summed E-state index contributed by atoms with van der Waals surface area (Å²) in [5.41, 5.74) is 2.28. The number of nitrogens with zero attached hydrogens (tertiary/aromatic N) is 3. The third-order valence-electron chi connectivity index (χ3n) is 3.77. The average molecular weight is 299 g/mol. The first-order valence-electron chi connectivity index (χ1n) is 6.82. The Kier molecular flexibility index (Phi) is 4.90. The highest BCUT2D eigenvalue weighted by Gasteiger charge is 2.28. The van der Waals surface area contributed by atoms with Gasteiger partial charge in [0.1, 0.15) is 4.90 Å². The van der Waals surface area contributed by atoms with Crippen molar-refractivity contribution in [2.45, 2.75) is 49.5 Å². The summed E-state index contributed by atoms with van der Waals surface area (Å²) in [6.45, 7) is 0. The van der Waals surface area contributed by atoms with Crippen LogP contribution in [0.3, 0.4) is 0 Å². The number of hydrogen-bond acceptors (Lipinski definition) is 6. The summed E-state index contributed by atoms with van der Waals surface area (Å²) in [5.74, 6) is 5.36. The van der Waals surface area contributed by atoms with Crippen molar-refractivity contribution in [1.29, 1.82) is 0 Å². The topological polar surface area (TPSA) is 101 Å². The van der Waals surface area contributed by atoms with Crippen LogP contribution in [-0.2, 0) is 10.0 Å². The van der Waals surface area contributed by atoms with E-state index in [2.05, 4.69) is 15.4 Å². The summed E-state index contributed by atoms with van der Waals surface area (Å²) >= 11 is 0. The van der Waals surface area contributed by atoms with E-state index in [9.17, 15) is 8.42 Å². The van der Waals surface area contributed by atoms with Crippen molar-refractivity contribution in [3.05, 3.63) is 12.4 Å². The minimum atomic E-state index is -3.54. The second-order valence-corrected chi connectivity index (χ2v) is 7.05. The number of nitrogens with two attached hydrogens (primary N) is 1. The van der Waals surface area contributed by atoms with Crippen LogP contribution in [0.5, 0.6) is 0 Å². The molecule has 1 aromatic rings. The molecule has 1 aliphatic carbocycles. The van der Waals surface area contributed by atoms with Crippen molar-refractivity contribution >= 4 is 16.0 Å². The maximum absolute atomic E-state index is 12.5. The smallest absolute Gasteiger partial charge is 0.246 e. The van der Waals surface area contributed by atoms with E-state index in [0.29, 0.717) is 0 Å². The molecule has 1 heterocycles. The number of hydrazine groups is 1. The fraction of sp³-hybridized carbons (Fsp3) is 0.667. The van der Waals surface area contributed by atoms with Gasteiger partial charge in [0.15, 0.2) is 0 Å². The molecule has 1 saturated carbocycles. The largest absolute Gasteiger partial charge is 0.292 e. The highest BCUT2D eigenvalue weighted by atomic mass is 32.2. The van der Waals surface area contributed by atoms with Crippen LogP contribution >= 0.6 is 0 Å². The Morgan fingerprint density at radius 3 is 2.25 bits per heavy atom. The Labute approximate surface area is 119 Å². The van der Waals surface area contributed by atoms with E-state index in [4.69, 9.17) is 5.84 Å².